The molecule has 20 heavy (non-hydrogen) atoms. The standard InChI is InChI=1S/C14H20NO2PS2/c1-4-5-6-7-8-12(2)14(19)20-18(3,11-15)10-9-13(16)17/h5-8,12H,4,9-10H2,1-3H3/p+1/b6-5-,8-7-. The van der Waals surface area contributed by atoms with Gasteiger partial charge in [-0.1, -0.05) is 50.4 Å². The minimum Gasteiger partial charge on any atom is -0.481 e. The van der Waals surface area contributed by atoms with Crippen molar-refractivity contribution in [3.05, 3.63) is 24.3 Å². The van der Waals surface area contributed by atoms with E-state index in [0.717, 1.165) is 10.6 Å². The minimum atomic E-state index is -2.01. The Morgan fingerprint density at radius 3 is 2.70 bits per heavy atom. The highest BCUT2D eigenvalue weighted by atomic mass is 32.7. The quantitative estimate of drug-likeness (QED) is 0.396. The molecule has 0 rings (SSSR count). The van der Waals surface area contributed by atoms with Crippen LogP contribution in [-0.2, 0) is 4.79 Å². The SMILES string of the molecule is CC/C=C\C=C/C(C)C(=S)S[P+](C)(C#N)CCC(=O)O. The lowest BCUT2D eigenvalue weighted by molar-refractivity contribution is -0.136. The number of allylic oxidation sites excluding steroid dienone is 4. The fourth-order valence-corrected chi connectivity index (χ4v) is 6.64. The lowest BCUT2D eigenvalue weighted by Crippen LogP contribution is -2.05. The van der Waals surface area contributed by atoms with E-state index in [1.54, 1.807) is 0 Å². The van der Waals surface area contributed by atoms with Crippen LogP contribution in [0.15, 0.2) is 24.3 Å². The van der Waals surface area contributed by atoms with Crippen LogP contribution in [0.25, 0.3) is 0 Å². The van der Waals surface area contributed by atoms with E-state index in [-0.39, 0.29) is 12.3 Å². The van der Waals surface area contributed by atoms with Gasteiger partial charge in [-0.3, -0.25) is 4.79 Å². The summed E-state index contributed by atoms with van der Waals surface area (Å²) in [5.41, 5.74) is 0. The Hall–Kier alpha value is -0.690. The molecule has 0 amide bonds. The molecule has 0 saturated carbocycles. The van der Waals surface area contributed by atoms with Crippen LogP contribution in [0.2, 0.25) is 0 Å². The Bertz CT molecular complexity index is 443. The molecule has 0 bridgehead atoms. The van der Waals surface area contributed by atoms with Crippen molar-refractivity contribution < 1.29 is 9.90 Å². The number of carboxylic acids is 1. The largest absolute Gasteiger partial charge is 0.481 e. The zero-order valence-corrected chi connectivity index (χ0v) is 14.6. The second-order valence-electron chi connectivity index (χ2n) is 4.49. The summed E-state index contributed by atoms with van der Waals surface area (Å²) in [4.78, 5) is 10.6. The predicted octanol–water partition coefficient (Wildman–Crippen LogP) is 4.72. The van der Waals surface area contributed by atoms with Gasteiger partial charge >= 0.3 is 5.97 Å². The number of hydrogen-bond acceptors (Lipinski definition) is 4. The van der Waals surface area contributed by atoms with E-state index in [1.165, 1.54) is 11.4 Å². The summed E-state index contributed by atoms with van der Waals surface area (Å²) in [5.74, 6) is 1.51. The normalized spacial score (nSPS) is 15.9. The van der Waals surface area contributed by atoms with Gasteiger partial charge in [-0.15, -0.1) is 0 Å². The van der Waals surface area contributed by atoms with E-state index < -0.39 is 12.4 Å². The predicted molar refractivity (Wildman–Crippen MR) is 93.5 cm³/mol. The molecule has 0 heterocycles. The summed E-state index contributed by atoms with van der Waals surface area (Å²) in [6, 6.07) is 0. The molecule has 6 heteroatoms. The number of thiocarbonyl (C=S) groups is 1. The third kappa shape index (κ3) is 8.47. The number of hydrogen-bond donors (Lipinski definition) is 1. The van der Waals surface area contributed by atoms with Crippen LogP contribution in [0, 0.1) is 17.0 Å². The van der Waals surface area contributed by atoms with Gasteiger partial charge in [0.05, 0.1) is 34.8 Å². The van der Waals surface area contributed by atoms with Gasteiger partial charge in [-0.2, -0.15) is 5.26 Å². The summed E-state index contributed by atoms with van der Waals surface area (Å²) in [6.07, 6.45) is 9.41. The van der Waals surface area contributed by atoms with Gasteiger partial charge in [0.15, 0.2) is 6.46 Å². The Balaban J connectivity index is 4.54. The van der Waals surface area contributed by atoms with Crippen LogP contribution in [-0.4, -0.2) is 28.1 Å². The van der Waals surface area contributed by atoms with Crippen molar-refractivity contribution in [3.63, 3.8) is 0 Å². The molecule has 0 radical (unpaired) electrons. The van der Waals surface area contributed by atoms with Gasteiger partial charge < -0.3 is 5.11 Å². The first-order valence-electron chi connectivity index (χ1n) is 6.40. The van der Waals surface area contributed by atoms with Gasteiger partial charge in [0.25, 0.3) is 5.81 Å². The fourth-order valence-electron chi connectivity index (χ4n) is 1.23. The van der Waals surface area contributed by atoms with E-state index in [9.17, 15) is 10.1 Å². The molecule has 3 nitrogen and oxygen atoms in total. The lowest BCUT2D eigenvalue weighted by atomic mass is 10.2. The van der Waals surface area contributed by atoms with Crippen molar-refractivity contribution in [2.45, 2.75) is 26.7 Å². The maximum atomic E-state index is 10.6. The summed E-state index contributed by atoms with van der Waals surface area (Å²) < 4.78 is 0.758. The third-order valence-electron chi connectivity index (χ3n) is 2.51. The van der Waals surface area contributed by atoms with Crippen molar-refractivity contribution in [2.24, 2.45) is 5.92 Å². The molecule has 0 aliphatic rings. The number of nitrogens with zero attached hydrogens (tertiary/aromatic N) is 1. The van der Waals surface area contributed by atoms with Crippen LogP contribution < -0.4 is 0 Å². The van der Waals surface area contributed by atoms with Crippen LogP contribution >= 0.6 is 30.1 Å². The second kappa shape index (κ2) is 10.1. The summed E-state index contributed by atoms with van der Waals surface area (Å²) in [6.45, 7) is 3.90. The molecular formula is C14H21NO2PS2+. The first kappa shape index (κ1) is 19.3. The molecule has 0 spiro atoms. The highest BCUT2D eigenvalue weighted by Crippen LogP contribution is 2.67. The van der Waals surface area contributed by atoms with Crippen molar-refractivity contribution in [1.82, 2.24) is 0 Å². The zero-order valence-electron chi connectivity index (χ0n) is 12.1. The monoisotopic (exact) mass is 330 g/mol. The molecule has 0 aliphatic carbocycles. The van der Waals surface area contributed by atoms with E-state index in [2.05, 4.69) is 18.8 Å². The Labute approximate surface area is 131 Å². The summed E-state index contributed by atoms with van der Waals surface area (Å²) in [5, 5.41) is 18.0. The van der Waals surface area contributed by atoms with E-state index in [4.69, 9.17) is 17.3 Å². The van der Waals surface area contributed by atoms with Gasteiger partial charge in [-0.05, 0) is 6.42 Å². The molecule has 0 aromatic rings. The maximum absolute atomic E-state index is 10.6. The Kier molecular flexibility index (Phi) is 9.75. The number of aliphatic carboxylic acids is 1. The van der Waals surface area contributed by atoms with Crippen molar-refractivity contribution in [1.29, 1.82) is 5.26 Å². The summed E-state index contributed by atoms with van der Waals surface area (Å²) >= 11 is 6.77. The van der Waals surface area contributed by atoms with Crippen molar-refractivity contribution in [3.8, 4) is 5.81 Å². The summed E-state index contributed by atoms with van der Waals surface area (Å²) in [7, 11) is 0. The molecule has 110 valence electrons. The van der Waals surface area contributed by atoms with Crippen LogP contribution in [0.5, 0.6) is 0 Å². The Morgan fingerprint density at radius 2 is 2.20 bits per heavy atom. The molecule has 1 N–H and O–H groups in total. The molecule has 0 aromatic heterocycles. The highest BCUT2D eigenvalue weighted by molar-refractivity contribution is 8.72. The van der Waals surface area contributed by atoms with E-state index in [0.29, 0.717) is 6.16 Å². The molecule has 2 atom stereocenters. The third-order valence-corrected chi connectivity index (χ3v) is 8.55. The zero-order chi connectivity index (χ0) is 15.6. The van der Waals surface area contributed by atoms with E-state index >= 15 is 0 Å². The molecule has 0 saturated heterocycles. The van der Waals surface area contributed by atoms with E-state index in [1.807, 2.05) is 31.8 Å². The lowest BCUT2D eigenvalue weighted by Gasteiger charge is -2.13. The van der Waals surface area contributed by atoms with Gasteiger partial charge in [-0.25, -0.2) is 0 Å². The average Bonchev–Trinajstić information content (AvgIpc) is 2.41. The molecule has 2 unspecified atom stereocenters. The smallest absolute Gasteiger partial charge is 0.307 e. The fraction of sp³-hybridized carbons (Fsp3) is 0.500. The van der Waals surface area contributed by atoms with Crippen molar-refractivity contribution >= 4 is 40.2 Å². The average molecular weight is 330 g/mol. The number of rotatable bonds is 8. The topological polar surface area (TPSA) is 61.1 Å². The van der Waals surface area contributed by atoms with Crippen LogP contribution in [0.1, 0.15) is 26.7 Å². The van der Waals surface area contributed by atoms with Crippen LogP contribution in [0.4, 0.5) is 0 Å². The van der Waals surface area contributed by atoms with Gasteiger partial charge in [0.1, 0.15) is 0 Å². The first-order chi connectivity index (χ1) is 9.34. The second-order valence-corrected chi connectivity index (χ2v) is 11.6. The molecular weight excluding hydrogens is 309 g/mol. The molecule has 0 aliphatic heterocycles. The van der Waals surface area contributed by atoms with Crippen molar-refractivity contribution in [2.75, 3.05) is 12.8 Å². The maximum Gasteiger partial charge on any atom is 0.307 e. The molecule has 0 fully saturated rings. The van der Waals surface area contributed by atoms with Gasteiger partial charge in [0.2, 0.25) is 0 Å². The van der Waals surface area contributed by atoms with Gasteiger partial charge in [0, 0.05) is 5.92 Å². The highest BCUT2D eigenvalue weighted by Gasteiger charge is 2.37. The Morgan fingerprint density at radius 1 is 1.55 bits per heavy atom. The number of carboxylic acid groups (broad SMARTS) is 1. The first-order valence-corrected chi connectivity index (χ1v) is 10.6. The number of nitriles is 1. The minimum absolute atomic E-state index is 0.0247. The number of carbonyl (C=O) groups is 1. The molecule has 0 aromatic carbocycles. The van der Waals surface area contributed by atoms with Crippen LogP contribution in [0.3, 0.4) is 0 Å².